The molecule has 0 bridgehead atoms. The monoisotopic (exact) mass is 295 g/mol. The molecular formula is C19H37NO. The van der Waals surface area contributed by atoms with Crippen LogP contribution in [0, 0.1) is 23.2 Å². The van der Waals surface area contributed by atoms with Crippen molar-refractivity contribution in [2.75, 3.05) is 13.1 Å². The van der Waals surface area contributed by atoms with Crippen LogP contribution in [0.5, 0.6) is 0 Å². The summed E-state index contributed by atoms with van der Waals surface area (Å²) in [6.07, 6.45) is 9.85. The Morgan fingerprint density at radius 1 is 1.00 bits per heavy atom. The first-order valence-electron chi connectivity index (χ1n) is 9.22. The molecule has 2 saturated carbocycles. The predicted octanol–water partition coefficient (Wildman–Crippen LogP) is 4.37. The van der Waals surface area contributed by atoms with Crippen molar-refractivity contribution in [2.45, 2.75) is 84.7 Å². The second kappa shape index (κ2) is 7.00. The van der Waals surface area contributed by atoms with Crippen LogP contribution in [-0.4, -0.2) is 23.8 Å². The Hall–Kier alpha value is -0.0800. The predicted molar refractivity (Wildman–Crippen MR) is 90.4 cm³/mol. The largest absolute Gasteiger partial charge is 0.389 e. The third-order valence-electron chi connectivity index (χ3n) is 6.16. The standard InChI is InChI=1S/C19H37NO/c1-15-9-11-19(21,12-10-15)14-20-13-16-5-7-17(8-6-16)18(2,3)4/h15-17,20-21H,5-14H2,1-4H3. The van der Waals surface area contributed by atoms with Crippen molar-refractivity contribution in [3.63, 3.8) is 0 Å². The van der Waals surface area contributed by atoms with E-state index in [-0.39, 0.29) is 0 Å². The molecule has 0 saturated heterocycles. The van der Waals surface area contributed by atoms with Crippen molar-refractivity contribution in [1.82, 2.24) is 5.32 Å². The Kier molecular flexibility index (Phi) is 5.76. The molecule has 2 heteroatoms. The van der Waals surface area contributed by atoms with E-state index in [1.54, 1.807) is 0 Å². The molecule has 0 atom stereocenters. The summed E-state index contributed by atoms with van der Waals surface area (Å²) in [6, 6.07) is 0. The van der Waals surface area contributed by atoms with E-state index in [0.29, 0.717) is 5.41 Å². The van der Waals surface area contributed by atoms with Crippen molar-refractivity contribution < 1.29 is 5.11 Å². The van der Waals surface area contributed by atoms with Crippen LogP contribution in [0.25, 0.3) is 0 Å². The van der Waals surface area contributed by atoms with E-state index >= 15 is 0 Å². The zero-order valence-corrected chi connectivity index (χ0v) is 14.8. The fourth-order valence-electron chi connectivity index (χ4n) is 4.22. The van der Waals surface area contributed by atoms with Crippen LogP contribution >= 0.6 is 0 Å². The minimum atomic E-state index is -0.422. The van der Waals surface area contributed by atoms with Gasteiger partial charge in [-0.05, 0) is 81.1 Å². The lowest BCUT2D eigenvalue weighted by Gasteiger charge is -2.38. The third kappa shape index (κ3) is 5.25. The number of nitrogens with one attached hydrogen (secondary N) is 1. The maximum atomic E-state index is 10.6. The van der Waals surface area contributed by atoms with Gasteiger partial charge in [-0.2, -0.15) is 0 Å². The summed E-state index contributed by atoms with van der Waals surface area (Å²) in [6.45, 7) is 11.4. The van der Waals surface area contributed by atoms with Crippen molar-refractivity contribution >= 4 is 0 Å². The quantitative estimate of drug-likeness (QED) is 0.807. The average Bonchev–Trinajstić information content (AvgIpc) is 2.42. The minimum absolute atomic E-state index is 0.422. The molecule has 0 radical (unpaired) electrons. The summed E-state index contributed by atoms with van der Waals surface area (Å²) < 4.78 is 0. The first-order valence-corrected chi connectivity index (χ1v) is 9.22. The molecular weight excluding hydrogens is 258 g/mol. The topological polar surface area (TPSA) is 32.3 Å². The summed E-state index contributed by atoms with van der Waals surface area (Å²) >= 11 is 0. The SMILES string of the molecule is CC1CCC(O)(CNCC2CCC(C(C)(C)C)CC2)CC1. The summed E-state index contributed by atoms with van der Waals surface area (Å²) in [4.78, 5) is 0. The van der Waals surface area contributed by atoms with Crippen molar-refractivity contribution in [3.8, 4) is 0 Å². The van der Waals surface area contributed by atoms with E-state index < -0.39 is 5.60 Å². The molecule has 2 nitrogen and oxygen atoms in total. The second-order valence-corrected chi connectivity index (χ2v) is 9.12. The summed E-state index contributed by atoms with van der Waals surface area (Å²) in [7, 11) is 0. The van der Waals surface area contributed by atoms with Gasteiger partial charge in [0.2, 0.25) is 0 Å². The third-order valence-corrected chi connectivity index (χ3v) is 6.16. The molecule has 2 aliphatic rings. The molecule has 2 aliphatic carbocycles. The molecule has 2 fully saturated rings. The Labute approximate surface area is 132 Å². The smallest absolute Gasteiger partial charge is 0.0771 e. The normalized spacial score (nSPS) is 38.4. The molecule has 0 aromatic carbocycles. The van der Waals surface area contributed by atoms with Crippen LogP contribution in [0.4, 0.5) is 0 Å². The molecule has 21 heavy (non-hydrogen) atoms. The first-order chi connectivity index (χ1) is 9.78. The molecule has 0 heterocycles. The highest BCUT2D eigenvalue weighted by Gasteiger charge is 2.32. The van der Waals surface area contributed by atoms with Gasteiger partial charge >= 0.3 is 0 Å². The van der Waals surface area contributed by atoms with Gasteiger partial charge in [-0.25, -0.2) is 0 Å². The van der Waals surface area contributed by atoms with Crippen LogP contribution in [0.1, 0.15) is 79.1 Å². The maximum Gasteiger partial charge on any atom is 0.0771 e. The Morgan fingerprint density at radius 3 is 2.10 bits per heavy atom. The van der Waals surface area contributed by atoms with Gasteiger partial charge in [-0.15, -0.1) is 0 Å². The van der Waals surface area contributed by atoms with Crippen molar-refractivity contribution in [1.29, 1.82) is 0 Å². The van der Waals surface area contributed by atoms with E-state index in [0.717, 1.165) is 43.7 Å². The number of aliphatic hydroxyl groups is 1. The van der Waals surface area contributed by atoms with Crippen LogP contribution in [0.2, 0.25) is 0 Å². The molecule has 0 aliphatic heterocycles. The molecule has 0 aromatic heterocycles. The van der Waals surface area contributed by atoms with Crippen molar-refractivity contribution in [2.24, 2.45) is 23.2 Å². The van der Waals surface area contributed by atoms with Crippen LogP contribution in [0.3, 0.4) is 0 Å². The van der Waals surface area contributed by atoms with Gasteiger partial charge in [0, 0.05) is 6.54 Å². The highest BCUT2D eigenvalue weighted by atomic mass is 16.3. The molecule has 124 valence electrons. The number of rotatable bonds is 4. The van der Waals surface area contributed by atoms with Crippen LogP contribution in [-0.2, 0) is 0 Å². The molecule has 0 amide bonds. The Balaban J connectivity index is 1.64. The van der Waals surface area contributed by atoms with Crippen molar-refractivity contribution in [3.05, 3.63) is 0 Å². The van der Waals surface area contributed by atoms with Gasteiger partial charge < -0.3 is 10.4 Å². The highest BCUT2D eigenvalue weighted by molar-refractivity contribution is 4.87. The first kappa shape index (κ1) is 17.3. The van der Waals surface area contributed by atoms with E-state index in [1.165, 1.54) is 38.5 Å². The molecule has 0 unspecified atom stereocenters. The van der Waals surface area contributed by atoms with Gasteiger partial charge in [-0.3, -0.25) is 0 Å². The van der Waals surface area contributed by atoms with Gasteiger partial charge in [0.15, 0.2) is 0 Å². The van der Waals surface area contributed by atoms with E-state index in [4.69, 9.17) is 0 Å². The molecule has 0 spiro atoms. The lowest BCUT2D eigenvalue weighted by Crippen LogP contribution is -2.44. The molecule has 0 aromatic rings. The lowest BCUT2D eigenvalue weighted by molar-refractivity contribution is -0.00714. The average molecular weight is 296 g/mol. The summed E-state index contributed by atoms with van der Waals surface area (Å²) in [5.74, 6) is 2.53. The van der Waals surface area contributed by atoms with E-state index in [2.05, 4.69) is 33.0 Å². The Bertz CT molecular complexity index is 304. The summed E-state index contributed by atoms with van der Waals surface area (Å²) in [5.41, 5.74) is 0.0570. The van der Waals surface area contributed by atoms with E-state index in [1.807, 2.05) is 0 Å². The van der Waals surface area contributed by atoms with Gasteiger partial charge in [-0.1, -0.05) is 27.7 Å². The van der Waals surface area contributed by atoms with Crippen LogP contribution < -0.4 is 5.32 Å². The second-order valence-electron chi connectivity index (χ2n) is 9.12. The van der Waals surface area contributed by atoms with E-state index in [9.17, 15) is 5.11 Å². The molecule has 2 rings (SSSR count). The zero-order valence-electron chi connectivity index (χ0n) is 14.8. The van der Waals surface area contributed by atoms with Gasteiger partial charge in [0.1, 0.15) is 0 Å². The Morgan fingerprint density at radius 2 is 1.57 bits per heavy atom. The summed E-state index contributed by atoms with van der Waals surface area (Å²) in [5, 5.41) is 14.2. The minimum Gasteiger partial charge on any atom is -0.389 e. The maximum absolute atomic E-state index is 10.6. The fraction of sp³-hybridized carbons (Fsp3) is 1.00. The zero-order chi connectivity index (χ0) is 15.5. The number of hydrogen-bond donors (Lipinski definition) is 2. The molecule has 2 N–H and O–H groups in total. The van der Waals surface area contributed by atoms with Crippen LogP contribution in [0.15, 0.2) is 0 Å². The lowest BCUT2D eigenvalue weighted by atomic mass is 9.70. The number of hydrogen-bond acceptors (Lipinski definition) is 2. The fourth-order valence-corrected chi connectivity index (χ4v) is 4.22. The van der Waals surface area contributed by atoms with Gasteiger partial charge in [0.05, 0.1) is 5.60 Å². The highest BCUT2D eigenvalue weighted by Crippen LogP contribution is 2.39. The van der Waals surface area contributed by atoms with Gasteiger partial charge in [0.25, 0.3) is 0 Å².